The third-order valence-corrected chi connectivity index (χ3v) is 3.62. The van der Waals surface area contributed by atoms with Crippen molar-refractivity contribution in [1.29, 1.82) is 0 Å². The Kier molecular flexibility index (Phi) is 4.34. The van der Waals surface area contributed by atoms with Crippen molar-refractivity contribution in [3.63, 3.8) is 0 Å². The predicted octanol–water partition coefficient (Wildman–Crippen LogP) is 3.70. The second kappa shape index (κ2) is 6.43. The van der Waals surface area contributed by atoms with Crippen LogP contribution < -0.4 is 18.9 Å². The molecule has 0 fully saturated rings. The summed E-state index contributed by atoms with van der Waals surface area (Å²) in [6.45, 7) is 6.31. The number of hydrogen-bond acceptors (Lipinski definition) is 5. The molecule has 1 aliphatic rings. The lowest BCUT2D eigenvalue weighted by molar-refractivity contribution is -0.136. The Morgan fingerprint density at radius 1 is 1.08 bits per heavy atom. The summed E-state index contributed by atoms with van der Waals surface area (Å²) in [4.78, 5) is 12.0. The number of rotatable bonds is 4. The van der Waals surface area contributed by atoms with Gasteiger partial charge in [0.15, 0.2) is 18.1 Å². The van der Waals surface area contributed by atoms with E-state index in [0.29, 0.717) is 23.0 Å². The summed E-state index contributed by atoms with van der Waals surface area (Å²) in [5.74, 6) is 1.83. The lowest BCUT2D eigenvalue weighted by atomic mass is 9.86. The normalized spacial score (nSPS) is 12.8. The van der Waals surface area contributed by atoms with Crippen molar-refractivity contribution < 1.29 is 23.7 Å². The van der Waals surface area contributed by atoms with Crippen molar-refractivity contribution in [2.75, 3.05) is 13.4 Å². The Morgan fingerprint density at radius 3 is 2.62 bits per heavy atom. The predicted molar refractivity (Wildman–Crippen MR) is 88.8 cm³/mol. The zero-order chi connectivity index (χ0) is 17.2. The minimum absolute atomic E-state index is 0.0716. The molecule has 0 amide bonds. The molecule has 0 aliphatic carbocycles. The average Bonchev–Trinajstić information content (AvgIpc) is 3.00. The van der Waals surface area contributed by atoms with Crippen LogP contribution in [0, 0.1) is 0 Å². The summed E-state index contributed by atoms with van der Waals surface area (Å²) in [5.41, 5.74) is 0.971. The van der Waals surface area contributed by atoms with Crippen molar-refractivity contribution in [3.05, 3.63) is 48.0 Å². The largest absolute Gasteiger partial charge is 0.482 e. The summed E-state index contributed by atoms with van der Waals surface area (Å²) in [7, 11) is 0. The minimum atomic E-state index is -0.474. The van der Waals surface area contributed by atoms with Gasteiger partial charge >= 0.3 is 5.97 Å². The second-order valence-corrected chi connectivity index (χ2v) is 6.52. The molecule has 0 N–H and O–H groups in total. The van der Waals surface area contributed by atoms with Crippen LogP contribution in [0.25, 0.3) is 0 Å². The summed E-state index contributed by atoms with van der Waals surface area (Å²) in [5, 5.41) is 0. The van der Waals surface area contributed by atoms with Gasteiger partial charge in [0.1, 0.15) is 11.5 Å². The molecule has 5 heteroatoms. The molecule has 0 saturated carbocycles. The zero-order valence-corrected chi connectivity index (χ0v) is 14.0. The summed E-state index contributed by atoms with van der Waals surface area (Å²) in [6, 6.07) is 12.7. The maximum absolute atomic E-state index is 12.0. The molecular weight excluding hydrogens is 308 g/mol. The van der Waals surface area contributed by atoms with E-state index in [0.717, 1.165) is 5.56 Å². The monoisotopic (exact) mass is 328 g/mol. The quantitative estimate of drug-likeness (QED) is 0.633. The number of hydrogen-bond donors (Lipinski definition) is 0. The topological polar surface area (TPSA) is 54.0 Å². The number of fused-ring (bicyclic) bond motifs is 1. The van der Waals surface area contributed by atoms with Gasteiger partial charge in [0.25, 0.3) is 0 Å². The second-order valence-electron chi connectivity index (χ2n) is 6.52. The Balaban J connectivity index is 1.62. The van der Waals surface area contributed by atoms with Crippen molar-refractivity contribution in [3.8, 4) is 23.0 Å². The van der Waals surface area contributed by atoms with E-state index in [9.17, 15) is 4.79 Å². The van der Waals surface area contributed by atoms with E-state index in [1.165, 1.54) is 0 Å². The highest BCUT2D eigenvalue weighted by atomic mass is 16.7. The molecule has 0 unspecified atom stereocenters. The lowest BCUT2D eigenvalue weighted by Gasteiger charge is -2.22. The van der Waals surface area contributed by atoms with Gasteiger partial charge in [-0.05, 0) is 29.2 Å². The van der Waals surface area contributed by atoms with Gasteiger partial charge in [-0.25, -0.2) is 4.79 Å². The molecule has 0 saturated heterocycles. The molecule has 5 nitrogen and oxygen atoms in total. The third kappa shape index (κ3) is 3.62. The fraction of sp³-hybridized carbons (Fsp3) is 0.316. The van der Waals surface area contributed by atoms with Crippen LogP contribution in [0.3, 0.4) is 0 Å². The maximum atomic E-state index is 12.0. The molecule has 24 heavy (non-hydrogen) atoms. The molecule has 0 atom stereocenters. The van der Waals surface area contributed by atoms with Gasteiger partial charge in [-0.2, -0.15) is 0 Å². The molecule has 0 spiro atoms. The first-order chi connectivity index (χ1) is 11.4. The summed E-state index contributed by atoms with van der Waals surface area (Å²) in [6.07, 6.45) is 0. The minimum Gasteiger partial charge on any atom is -0.482 e. The lowest BCUT2D eigenvalue weighted by Crippen LogP contribution is -2.20. The van der Waals surface area contributed by atoms with Crippen molar-refractivity contribution >= 4 is 5.97 Å². The number of benzene rings is 2. The van der Waals surface area contributed by atoms with E-state index in [4.69, 9.17) is 18.9 Å². The van der Waals surface area contributed by atoms with E-state index in [1.54, 1.807) is 18.2 Å². The average molecular weight is 328 g/mol. The van der Waals surface area contributed by atoms with Crippen molar-refractivity contribution in [2.24, 2.45) is 0 Å². The number of ether oxygens (including phenoxy) is 4. The standard InChI is InChI=1S/C19H20O5/c1-19(2,3)14-6-4-5-7-15(14)21-11-18(20)24-13-8-9-16-17(10-13)23-12-22-16/h4-10H,11-12H2,1-3H3. The first kappa shape index (κ1) is 16.2. The van der Waals surface area contributed by atoms with Gasteiger partial charge < -0.3 is 18.9 Å². The number of carbonyl (C=O) groups is 1. The molecule has 126 valence electrons. The molecule has 1 aliphatic heterocycles. The van der Waals surface area contributed by atoms with Gasteiger partial charge in [-0.1, -0.05) is 39.0 Å². The van der Waals surface area contributed by atoms with E-state index in [2.05, 4.69) is 20.8 Å². The van der Waals surface area contributed by atoms with E-state index < -0.39 is 5.97 Å². The first-order valence-corrected chi connectivity index (χ1v) is 7.76. The highest BCUT2D eigenvalue weighted by Gasteiger charge is 2.19. The van der Waals surface area contributed by atoms with Crippen LogP contribution in [0.4, 0.5) is 0 Å². The van der Waals surface area contributed by atoms with E-state index in [1.807, 2.05) is 24.3 Å². The van der Waals surface area contributed by atoms with Gasteiger partial charge in [0.2, 0.25) is 6.79 Å². The maximum Gasteiger partial charge on any atom is 0.349 e. The van der Waals surface area contributed by atoms with Crippen LogP contribution in [0.1, 0.15) is 26.3 Å². The molecule has 0 aromatic heterocycles. The molecular formula is C19H20O5. The van der Waals surface area contributed by atoms with Crippen LogP contribution >= 0.6 is 0 Å². The van der Waals surface area contributed by atoms with Crippen LogP contribution in [0.15, 0.2) is 42.5 Å². The van der Waals surface area contributed by atoms with Crippen molar-refractivity contribution in [2.45, 2.75) is 26.2 Å². The SMILES string of the molecule is CC(C)(C)c1ccccc1OCC(=O)Oc1ccc2c(c1)OCO2. The van der Waals surface area contributed by atoms with E-state index in [-0.39, 0.29) is 18.8 Å². The van der Waals surface area contributed by atoms with Crippen LogP contribution in [-0.2, 0) is 10.2 Å². The zero-order valence-electron chi connectivity index (χ0n) is 14.0. The molecule has 1 heterocycles. The highest BCUT2D eigenvalue weighted by Crippen LogP contribution is 2.35. The van der Waals surface area contributed by atoms with Gasteiger partial charge in [-0.3, -0.25) is 0 Å². The van der Waals surface area contributed by atoms with Gasteiger partial charge in [0.05, 0.1) is 0 Å². The summed E-state index contributed by atoms with van der Waals surface area (Å²) < 4.78 is 21.4. The molecule has 0 radical (unpaired) electrons. The van der Waals surface area contributed by atoms with Crippen molar-refractivity contribution in [1.82, 2.24) is 0 Å². The van der Waals surface area contributed by atoms with E-state index >= 15 is 0 Å². The Labute approximate surface area is 141 Å². The van der Waals surface area contributed by atoms with Gasteiger partial charge in [-0.15, -0.1) is 0 Å². The molecule has 3 rings (SSSR count). The highest BCUT2D eigenvalue weighted by molar-refractivity contribution is 5.74. The summed E-state index contributed by atoms with van der Waals surface area (Å²) >= 11 is 0. The number of para-hydroxylation sites is 1. The van der Waals surface area contributed by atoms with Crippen LogP contribution in [-0.4, -0.2) is 19.4 Å². The van der Waals surface area contributed by atoms with Crippen LogP contribution in [0.5, 0.6) is 23.0 Å². The van der Waals surface area contributed by atoms with Crippen LogP contribution in [0.2, 0.25) is 0 Å². The Morgan fingerprint density at radius 2 is 1.83 bits per heavy atom. The van der Waals surface area contributed by atoms with Gasteiger partial charge in [0, 0.05) is 6.07 Å². The molecule has 2 aromatic carbocycles. The first-order valence-electron chi connectivity index (χ1n) is 7.76. The fourth-order valence-electron chi connectivity index (χ4n) is 2.45. The number of esters is 1. The third-order valence-electron chi connectivity index (χ3n) is 3.62. The smallest absolute Gasteiger partial charge is 0.349 e. The molecule has 0 bridgehead atoms. The Hall–Kier alpha value is -2.69. The fourth-order valence-corrected chi connectivity index (χ4v) is 2.45. The molecule has 2 aromatic rings. The number of carbonyl (C=O) groups excluding carboxylic acids is 1. The Bertz CT molecular complexity index is 746.